The number of nitrogens with zero attached hydrogens (tertiary/aromatic N) is 1. The maximum absolute atomic E-state index is 13.1. The second-order valence-electron chi connectivity index (χ2n) is 7.01. The topological polar surface area (TPSA) is 105 Å². The molecule has 0 aliphatic heterocycles. The summed E-state index contributed by atoms with van der Waals surface area (Å²) in [4.78, 5) is 13.8. The first-order valence-electron chi connectivity index (χ1n) is 9.24. The summed E-state index contributed by atoms with van der Waals surface area (Å²) in [5.74, 6) is 0. The summed E-state index contributed by atoms with van der Waals surface area (Å²) in [6.45, 7) is 1.88. The van der Waals surface area contributed by atoms with Crippen LogP contribution in [0.25, 0.3) is 10.9 Å². The molecular formula is C22H19N3O4S. The summed E-state index contributed by atoms with van der Waals surface area (Å²) in [6, 6.07) is 19.3. The Morgan fingerprint density at radius 3 is 2.30 bits per heavy atom. The number of hydrogen-bond donors (Lipinski definition) is 2. The molecule has 4 aromatic rings. The number of aryl methyl sites for hydroxylation is 1. The van der Waals surface area contributed by atoms with Gasteiger partial charge in [-0.2, -0.15) is 4.72 Å². The average Bonchev–Trinajstić information content (AvgIpc) is 3.16. The predicted molar refractivity (Wildman–Crippen MR) is 115 cm³/mol. The van der Waals surface area contributed by atoms with E-state index in [2.05, 4.69) is 9.71 Å². The minimum Gasteiger partial charge on any atom is -0.361 e. The third kappa shape index (κ3) is 3.83. The van der Waals surface area contributed by atoms with Crippen molar-refractivity contribution in [2.75, 3.05) is 0 Å². The molecule has 0 radical (unpaired) electrons. The minimum atomic E-state index is -3.84. The second kappa shape index (κ2) is 7.74. The molecule has 7 nitrogen and oxygen atoms in total. The van der Waals surface area contributed by atoms with Crippen LogP contribution in [-0.4, -0.2) is 18.3 Å². The first-order valence-corrected chi connectivity index (χ1v) is 10.7. The lowest BCUT2D eigenvalue weighted by molar-refractivity contribution is -0.384. The zero-order valence-electron chi connectivity index (χ0n) is 16.1. The maximum atomic E-state index is 13.1. The number of sulfonamides is 1. The van der Waals surface area contributed by atoms with Crippen LogP contribution in [0.15, 0.2) is 83.9 Å². The van der Waals surface area contributed by atoms with Crippen molar-refractivity contribution in [1.82, 2.24) is 9.71 Å². The summed E-state index contributed by atoms with van der Waals surface area (Å²) in [5.41, 5.74) is 3.10. The number of rotatable bonds is 6. The molecule has 30 heavy (non-hydrogen) atoms. The standard InChI is InChI=1S/C22H19N3O4S/c1-15-6-12-18(13-7-15)30(28,29)24-22(16-8-10-17(11-9-16)25(26)27)20-14-23-21-5-3-2-4-19(20)21/h2-14,22-24H,1H3. The Hall–Kier alpha value is -3.49. The number of para-hydroxylation sites is 1. The van der Waals surface area contributed by atoms with E-state index in [4.69, 9.17) is 0 Å². The Kier molecular flexibility index (Phi) is 5.11. The van der Waals surface area contributed by atoms with Gasteiger partial charge in [0, 0.05) is 29.2 Å². The highest BCUT2D eigenvalue weighted by molar-refractivity contribution is 7.89. The molecule has 1 atom stereocenters. The first kappa shape index (κ1) is 19.8. The fourth-order valence-corrected chi connectivity index (χ4v) is 4.58. The van der Waals surface area contributed by atoms with E-state index >= 15 is 0 Å². The molecule has 0 fully saturated rings. The molecule has 0 amide bonds. The predicted octanol–water partition coefficient (Wildman–Crippen LogP) is 4.45. The van der Waals surface area contributed by atoms with E-state index in [1.807, 2.05) is 31.2 Å². The molecule has 0 bridgehead atoms. The van der Waals surface area contributed by atoms with E-state index in [1.54, 1.807) is 42.6 Å². The number of nitro benzene ring substituents is 1. The molecule has 1 heterocycles. The largest absolute Gasteiger partial charge is 0.361 e. The third-order valence-electron chi connectivity index (χ3n) is 4.97. The van der Waals surface area contributed by atoms with E-state index in [1.165, 1.54) is 12.1 Å². The van der Waals surface area contributed by atoms with Gasteiger partial charge in [0.1, 0.15) is 0 Å². The van der Waals surface area contributed by atoms with E-state index < -0.39 is 21.0 Å². The van der Waals surface area contributed by atoms with Crippen molar-refractivity contribution in [2.24, 2.45) is 0 Å². The summed E-state index contributed by atoms with van der Waals surface area (Å²) < 4.78 is 29.0. The van der Waals surface area contributed by atoms with E-state index in [0.717, 1.165) is 22.0 Å². The Labute approximate surface area is 173 Å². The Morgan fingerprint density at radius 2 is 1.63 bits per heavy atom. The van der Waals surface area contributed by atoms with Crippen molar-refractivity contribution in [3.05, 3.63) is 106 Å². The van der Waals surface area contributed by atoms with E-state index in [9.17, 15) is 18.5 Å². The van der Waals surface area contributed by atoms with Crippen LogP contribution >= 0.6 is 0 Å². The van der Waals surface area contributed by atoms with E-state index in [-0.39, 0.29) is 10.6 Å². The van der Waals surface area contributed by atoms with Gasteiger partial charge in [-0.15, -0.1) is 0 Å². The van der Waals surface area contributed by atoms with Crippen LogP contribution in [0, 0.1) is 17.0 Å². The molecule has 2 N–H and O–H groups in total. The lowest BCUT2D eigenvalue weighted by atomic mass is 9.99. The van der Waals surface area contributed by atoms with Crippen LogP contribution in [0.3, 0.4) is 0 Å². The average molecular weight is 421 g/mol. The smallest absolute Gasteiger partial charge is 0.269 e. The Bertz CT molecular complexity index is 1310. The highest BCUT2D eigenvalue weighted by atomic mass is 32.2. The molecule has 0 saturated heterocycles. The number of nitro groups is 1. The van der Waals surface area contributed by atoms with Crippen molar-refractivity contribution < 1.29 is 13.3 Å². The van der Waals surface area contributed by atoms with Gasteiger partial charge in [0.15, 0.2) is 0 Å². The van der Waals surface area contributed by atoms with Crippen LogP contribution in [0.1, 0.15) is 22.7 Å². The van der Waals surface area contributed by atoms with Crippen molar-refractivity contribution >= 4 is 26.6 Å². The molecule has 152 valence electrons. The molecular weight excluding hydrogens is 402 g/mol. The van der Waals surface area contributed by atoms with Gasteiger partial charge in [0.25, 0.3) is 5.69 Å². The molecule has 1 aromatic heterocycles. The Balaban J connectivity index is 1.81. The van der Waals surface area contributed by atoms with Gasteiger partial charge in [-0.1, -0.05) is 48.0 Å². The van der Waals surface area contributed by atoms with Crippen LogP contribution in [0.2, 0.25) is 0 Å². The van der Waals surface area contributed by atoms with Crippen molar-refractivity contribution in [3.8, 4) is 0 Å². The molecule has 4 rings (SSSR count). The van der Waals surface area contributed by atoms with Crippen molar-refractivity contribution in [3.63, 3.8) is 0 Å². The van der Waals surface area contributed by atoms with Crippen LogP contribution in [0.5, 0.6) is 0 Å². The number of non-ortho nitro benzene ring substituents is 1. The minimum absolute atomic E-state index is 0.0576. The van der Waals surface area contributed by atoms with Gasteiger partial charge in [-0.25, -0.2) is 8.42 Å². The van der Waals surface area contributed by atoms with E-state index in [0.29, 0.717) is 5.56 Å². The zero-order chi connectivity index (χ0) is 21.3. The fraction of sp³-hybridized carbons (Fsp3) is 0.0909. The monoisotopic (exact) mass is 421 g/mol. The van der Waals surface area contributed by atoms with Crippen LogP contribution in [-0.2, 0) is 10.0 Å². The number of H-pyrrole nitrogens is 1. The van der Waals surface area contributed by atoms with Gasteiger partial charge in [0.2, 0.25) is 10.0 Å². The van der Waals surface area contributed by atoms with Gasteiger partial charge in [0.05, 0.1) is 15.9 Å². The molecule has 0 saturated carbocycles. The lowest BCUT2D eigenvalue weighted by Gasteiger charge is -2.19. The molecule has 0 aliphatic rings. The fourth-order valence-electron chi connectivity index (χ4n) is 3.37. The quantitative estimate of drug-likeness (QED) is 0.354. The number of benzene rings is 3. The number of hydrogen-bond acceptors (Lipinski definition) is 4. The van der Waals surface area contributed by atoms with Crippen molar-refractivity contribution in [1.29, 1.82) is 0 Å². The third-order valence-corrected chi connectivity index (χ3v) is 6.41. The normalized spacial score (nSPS) is 12.7. The highest BCUT2D eigenvalue weighted by Gasteiger charge is 2.25. The molecule has 3 aromatic carbocycles. The van der Waals surface area contributed by atoms with Gasteiger partial charge in [-0.05, 0) is 36.2 Å². The number of aromatic nitrogens is 1. The first-order chi connectivity index (χ1) is 14.3. The summed E-state index contributed by atoms with van der Waals surface area (Å²) in [5, 5.41) is 11.9. The highest BCUT2D eigenvalue weighted by Crippen LogP contribution is 2.31. The number of nitrogens with one attached hydrogen (secondary N) is 2. The van der Waals surface area contributed by atoms with Gasteiger partial charge < -0.3 is 4.98 Å². The summed E-state index contributed by atoms with van der Waals surface area (Å²) in [7, 11) is -3.84. The second-order valence-corrected chi connectivity index (χ2v) is 8.72. The molecule has 8 heteroatoms. The SMILES string of the molecule is Cc1ccc(S(=O)(=O)NC(c2ccc([N+](=O)[O-])cc2)c2c[nH]c3ccccc23)cc1. The van der Waals surface area contributed by atoms with Crippen molar-refractivity contribution in [2.45, 2.75) is 17.9 Å². The maximum Gasteiger partial charge on any atom is 0.269 e. The Morgan fingerprint density at radius 1 is 0.967 bits per heavy atom. The number of aromatic amines is 1. The summed E-state index contributed by atoms with van der Waals surface area (Å²) >= 11 is 0. The zero-order valence-corrected chi connectivity index (χ0v) is 16.9. The molecule has 0 aliphatic carbocycles. The number of fused-ring (bicyclic) bond motifs is 1. The lowest BCUT2D eigenvalue weighted by Crippen LogP contribution is -2.29. The molecule has 0 spiro atoms. The summed E-state index contributed by atoms with van der Waals surface area (Å²) in [6.07, 6.45) is 1.76. The van der Waals surface area contributed by atoms with Crippen LogP contribution < -0.4 is 4.72 Å². The van der Waals surface area contributed by atoms with Gasteiger partial charge in [-0.3, -0.25) is 10.1 Å². The van der Waals surface area contributed by atoms with Gasteiger partial charge >= 0.3 is 0 Å². The molecule has 1 unspecified atom stereocenters. The van der Waals surface area contributed by atoms with Crippen LogP contribution in [0.4, 0.5) is 5.69 Å².